The van der Waals surface area contributed by atoms with Crippen LogP contribution in [0.5, 0.6) is 0 Å². The summed E-state index contributed by atoms with van der Waals surface area (Å²) in [6, 6.07) is 0. The molecular weight excluding hydrogens is 342 g/mol. The van der Waals surface area contributed by atoms with E-state index in [1.54, 1.807) is 6.33 Å². The van der Waals surface area contributed by atoms with E-state index in [1.165, 1.54) is 6.42 Å². The van der Waals surface area contributed by atoms with E-state index in [9.17, 15) is 4.79 Å². The number of aromatic nitrogens is 3. The lowest BCUT2D eigenvalue weighted by atomic mass is 10.2. The van der Waals surface area contributed by atoms with Crippen LogP contribution in [0, 0.1) is 0 Å². The zero-order valence-electron chi connectivity index (χ0n) is 16.9. The number of nitrogens with one attached hydrogen (secondary N) is 2. The van der Waals surface area contributed by atoms with Gasteiger partial charge in [-0.1, -0.05) is 20.3 Å². The molecule has 2 rings (SSSR count). The number of rotatable bonds is 10. The summed E-state index contributed by atoms with van der Waals surface area (Å²) in [7, 11) is 0. The summed E-state index contributed by atoms with van der Waals surface area (Å²) < 4.78 is 2.06. The lowest BCUT2D eigenvalue weighted by molar-refractivity contribution is -0.130. The molecule has 0 saturated carbocycles. The van der Waals surface area contributed by atoms with Gasteiger partial charge in [0.1, 0.15) is 12.2 Å². The number of hydrogen-bond donors (Lipinski definition) is 2. The van der Waals surface area contributed by atoms with Gasteiger partial charge in [0.2, 0.25) is 5.91 Å². The van der Waals surface area contributed by atoms with E-state index in [1.807, 2.05) is 4.90 Å². The highest BCUT2D eigenvalue weighted by Gasteiger charge is 2.15. The fourth-order valence-electron chi connectivity index (χ4n) is 3.18. The molecule has 1 aromatic heterocycles. The van der Waals surface area contributed by atoms with Gasteiger partial charge in [0.15, 0.2) is 5.96 Å². The number of aryl methyl sites for hydroxylation is 1. The summed E-state index contributed by atoms with van der Waals surface area (Å²) >= 11 is 0. The van der Waals surface area contributed by atoms with Crippen LogP contribution < -0.4 is 10.6 Å². The lowest BCUT2D eigenvalue weighted by Gasteiger charge is -2.21. The number of hydrogen-bond acceptors (Lipinski definition) is 4. The van der Waals surface area contributed by atoms with Gasteiger partial charge in [-0.3, -0.25) is 9.79 Å². The number of carbonyl (C=O) groups is 1. The summed E-state index contributed by atoms with van der Waals surface area (Å²) in [5, 5.41) is 14.8. The first-order valence-electron chi connectivity index (χ1n) is 10.4. The van der Waals surface area contributed by atoms with E-state index in [2.05, 4.69) is 44.2 Å². The maximum Gasteiger partial charge on any atom is 0.222 e. The van der Waals surface area contributed by atoms with Gasteiger partial charge in [-0.2, -0.15) is 0 Å². The van der Waals surface area contributed by atoms with Crippen LogP contribution in [0.4, 0.5) is 0 Å². The standard InChI is InChI=1S/C19H35N7O/c1-3-10-20-19(22-12-15-26-16-23-24-17(26)4-2)21-11-8-14-25-13-7-5-6-9-18(25)27/h16H,3-15H2,1-2H3,(H2,20,21,22). The predicted molar refractivity (Wildman–Crippen MR) is 108 cm³/mol. The molecule has 0 unspecified atom stereocenters. The number of nitrogens with zero attached hydrogens (tertiary/aromatic N) is 5. The van der Waals surface area contributed by atoms with Gasteiger partial charge < -0.3 is 20.1 Å². The molecule has 8 nitrogen and oxygen atoms in total. The molecule has 8 heteroatoms. The molecule has 1 aromatic rings. The normalized spacial score (nSPS) is 15.7. The van der Waals surface area contributed by atoms with Crippen molar-refractivity contribution < 1.29 is 4.79 Å². The van der Waals surface area contributed by atoms with Crippen LogP contribution >= 0.6 is 0 Å². The van der Waals surface area contributed by atoms with Crippen molar-refractivity contribution in [3.8, 4) is 0 Å². The monoisotopic (exact) mass is 377 g/mol. The van der Waals surface area contributed by atoms with Gasteiger partial charge in [-0.15, -0.1) is 10.2 Å². The van der Waals surface area contributed by atoms with Crippen molar-refractivity contribution in [1.29, 1.82) is 0 Å². The molecule has 1 aliphatic heterocycles. The minimum Gasteiger partial charge on any atom is -0.356 e. The van der Waals surface area contributed by atoms with Gasteiger partial charge >= 0.3 is 0 Å². The molecule has 27 heavy (non-hydrogen) atoms. The highest BCUT2D eigenvalue weighted by molar-refractivity contribution is 5.79. The minimum atomic E-state index is 0.311. The quantitative estimate of drug-likeness (QED) is 0.367. The summed E-state index contributed by atoms with van der Waals surface area (Å²) in [6.45, 7) is 9.13. The van der Waals surface area contributed by atoms with E-state index in [0.29, 0.717) is 12.3 Å². The van der Waals surface area contributed by atoms with E-state index in [4.69, 9.17) is 0 Å². The van der Waals surface area contributed by atoms with Crippen LogP contribution in [-0.2, 0) is 17.8 Å². The maximum atomic E-state index is 12.0. The lowest BCUT2D eigenvalue weighted by Crippen LogP contribution is -2.41. The van der Waals surface area contributed by atoms with E-state index in [-0.39, 0.29) is 0 Å². The average Bonchev–Trinajstić information content (AvgIpc) is 3.04. The van der Waals surface area contributed by atoms with Crippen LogP contribution in [0.2, 0.25) is 0 Å². The molecule has 152 valence electrons. The molecule has 0 aliphatic carbocycles. The van der Waals surface area contributed by atoms with Crippen LogP contribution in [0.25, 0.3) is 0 Å². The number of guanidine groups is 1. The van der Waals surface area contributed by atoms with E-state index >= 15 is 0 Å². The Hall–Kier alpha value is -2.12. The topological polar surface area (TPSA) is 87.4 Å². The number of aliphatic imine (C=N–C) groups is 1. The molecule has 0 spiro atoms. The van der Waals surface area contributed by atoms with Gasteiger partial charge in [-0.05, 0) is 25.7 Å². The van der Waals surface area contributed by atoms with Gasteiger partial charge in [-0.25, -0.2) is 0 Å². The smallest absolute Gasteiger partial charge is 0.222 e. The van der Waals surface area contributed by atoms with Crippen molar-refractivity contribution in [1.82, 2.24) is 30.3 Å². The van der Waals surface area contributed by atoms with Crippen molar-refractivity contribution in [3.63, 3.8) is 0 Å². The Labute approximate surface area is 162 Å². The van der Waals surface area contributed by atoms with Gasteiger partial charge in [0.25, 0.3) is 0 Å². The summed E-state index contributed by atoms with van der Waals surface area (Å²) in [5.74, 6) is 2.15. The molecule has 1 amide bonds. The molecule has 2 N–H and O–H groups in total. The van der Waals surface area contributed by atoms with Crippen LogP contribution in [-0.4, -0.2) is 64.3 Å². The number of carbonyl (C=O) groups excluding carboxylic acids is 1. The molecule has 1 fully saturated rings. The molecule has 0 radical (unpaired) electrons. The SMILES string of the molecule is CCCN=C(NCCCN1CCCCCC1=O)NCCn1cnnc1CC. The van der Waals surface area contributed by atoms with Crippen molar-refractivity contribution in [3.05, 3.63) is 12.2 Å². The van der Waals surface area contributed by atoms with E-state index in [0.717, 1.165) is 83.2 Å². The molecule has 0 atom stereocenters. The molecular formula is C19H35N7O. The molecule has 1 aliphatic rings. The zero-order chi connectivity index (χ0) is 19.3. The highest BCUT2D eigenvalue weighted by atomic mass is 16.2. The first-order valence-corrected chi connectivity index (χ1v) is 10.4. The maximum absolute atomic E-state index is 12.0. The predicted octanol–water partition coefficient (Wildman–Crippen LogP) is 1.58. The van der Waals surface area contributed by atoms with Crippen molar-refractivity contribution in [2.75, 3.05) is 32.7 Å². The van der Waals surface area contributed by atoms with Crippen molar-refractivity contribution in [2.24, 2.45) is 4.99 Å². The highest BCUT2D eigenvalue weighted by Crippen LogP contribution is 2.11. The first kappa shape index (κ1) is 21.2. The second-order valence-corrected chi connectivity index (χ2v) is 6.92. The summed E-state index contributed by atoms with van der Waals surface area (Å²) in [4.78, 5) is 18.7. The third-order valence-electron chi connectivity index (χ3n) is 4.72. The number of likely N-dealkylation sites (tertiary alicyclic amines) is 1. The second-order valence-electron chi connectivity index (χ2n) is 6.92. The fourth-order valence-corrected chi connectivity index (χ4v) is 3.18. The van der Waals surface area contributed by atoms with Gasteiger partial charge in [0, 0.05) is 52.1 Å². The zero-order valence-corrected chi connectivity index (χ0v) is 16.9. The Morgan fingerprint density at radius 3 is 2.85 bits per heavy atom. The molecule has 1 saturated heterocycles. The summed E-state index contributed by atoms with van der Waals surface area (Å²) in [5.41, 5.74) is 0. The van der Waals surface area contributed by atoms with Crippen molar-refractivity contribution >= 4 is 11.9 Å². The third kappa shape index (κ3) is 7.56. The Kier molecular flexibility index (Phi) is 9.65. The second kappa shape index (κ2) is 12.3. The average molecular weight is 378 g/mol. The van der Waals surface area contributed by atoms with Crippen LogP contribution in [0.3, 0.4) is 0 Å². The Morgan fingerprint density at radius 2 is 2.04 bits per heavy atom. The van der Waals surface area contributed by atoms with E-state index < -0.39 is 0 Å². The van der Waals surface area contributed by atoms with Crippen molar-refractivity contribution in [2.45, 2.75) is 65.3 Å². The van der Waals surface area contributed by atoms with Crippen LogP contribution in [0.1, 0.15) is 58.2 Å². The largest absolute Gasteiger partial charge is 0.356 e. The summed E-state index contributed by atoms with van der Waals surface area (Å²) in [6.07, 6.45) is 8.65. The minimum absolute atomic E-state index is 0.311. The Bertz CT molecular complexity index is 584. The Morgan fingerprint density at radius 1 is 1.19 bits per heavy atom. The molecule has 2 heterocycles. The Balaban J connectivity index is 1.71. The molecule has 0 bridgehead atoms. The van der Waals surface area contributed by atoms with Crippen LogP contribution in [0.15, 0.2) is 11.3 Å². The molecule has 0 aromatic carbocycles. The fraction of sp³-hybridized carbons (Fsp3) is 0.789. The first-order chi connectivity index (χ1) is 13.2. The van der Waals surface area contributed by atoms with Gasteiger partial charge in [0.05, 0.1) is 0 Å². The third-order valence-corrected chi connectivity index (χ3v) is 4.72. The number of amides is 1.